The van der Waals surface area contributed by atoms with Gasteiger partial charge < -0.3 is 17.5 Å². The van der Waals surface area contributed by atoms with E-state index in [9.17, 15) is 9.90 Å². The number of halogens is 1. The number of aliphatic imine (C=N–C) groups is 1. The van der Waals surface area contributed by atoms with Crippen LogP contribution in [0.3, 0.4) is 0 Å². The van der Waals surface area contributed by atoms with E-state index in [4.69, 9.17) is 0 Å². The Balaban J connectivity index is 0.00000144. The summed E-state index contributed by atoms with van der Waals surface area (Å²) in [6, 6.07) is 3.77. The molecule has 5 heteroatoms. The molecule has 1 unspecified atom stereocenters. The third-order valence-electron chi connectivity index (χ3n) is 2.45. The van der Waals surface area contributed by atoms with Crippen molar-refractivity contribution < 1.29 is 26.9 Å². The molecule has 17 heavy (non-hydrogen) atoms. The average molecular weight is 253 g/mol. The number of rotatable bonds is 0. The molecule has 1 aromatic rings. The zero-order chi connectivity index (χ0) is 11.7. The predicted molar refractivity (Wildman–Crippen MR) is 59.1 cm³/mol. The summed E-state index contributed by atoms with van der Waals surface area (Å²) in [5.41, 5.74) is 1.03. The molecule has 90 valence electrons. The van der Waals surface area contributed by atoms with Crippen molar-refractivity contribution in [1.29, 1.82) is 0 Å². The third kappa shape index (κ3) is 2.71. The Morgan fingerprint density at radius 1 is 1.47 bits per heavy atom. The van der Waals surface area contributed by atoms with E-state index in [0.717, 1.165) is 5.56 Å². The lowest BCUT2D eigenvalue weighted by molar-refractivity contribution is -0.554. The smallest absolute Gasteiger partial charge is 0.376 e. The first-order valence-corrected chi connectivity index (χ1v) is 5.10. The summed E-state index contributed by atoms with van der Waals surface area (Å²) in [5, 5.41) is 9.41. The van der Waals surface area contributed by atoms with Gasteiger partial charge in [0.05, 0.1) is 18.3 Å². The maximum Gasteiger partial charge on any atom is 0.376 e. The van der Waals surface area contributed by atoms with Gasteiger partial charge in [0.2, 0.25) is 0 Å². The van der Waals surface area contributed by atoms with Crippen molar-refractivity contribution >= 4 is 11.6 Å². The molecule has 1 aliphatic heterocycles. The lowest BCUT2D eigenvalue weighted by atomic mass is 10.0. The standard InChI is InChI=1S/C12H12N2O2.ClH/c1-8-4-3-5-14(7-8)12-11(16)9(2)6-10(15)13-12;/h3-7,9H,1-2H3;1H. The van der Waals surface area contributed by atoms with Gasteiger partial charge in [0.15, 0.2) is 0 Å². The molecule has 0 saturated heterocycles. The van der Waals surface area contributed by atoms with E-state index in [1.54, 1.807) is 17.7 Å². The lowest BCUT2D eigenvalue weighted by Gasteiger charge is -2.07. The maximum absolute atomic E-state index is 11.9. The Morgan fingerprint density at radius 2 is 2.18 bits per heavy atom. The molecule has 2 heterocycles. The number of aliphatic hydroxyl groups excluding tert-OH is 1. The predicted octanol–water partition coefficient (Wildman–Crippen LogP) is -1.85. The molecule has 4 nitrogen and oxygen atoms in total. The van der Waals surface area contributed by atoms with Crippen molar-refractivity contribution in [2.75, 3.05) is 0 Å². The van der Waals surface area contributed by atoms with Crippen LogP contribution in [0.4, 0.5) is 0 Å². The normalized spacial score (nSPS) is 19.2. The van der Waals surface area contributed by atoms with Gasteiger partial charge in [0.1, 0.15) is 0 Å². The molecule has 0 bridgehead atoms. The summed E-state index contributed by atoms with van der Waals surface area (Å²) >= 11 is 0. The van der Waals surface area contributed by atoms with Crippen molar-refractivity contribution in [3.63, 3.8) is 0 Å². The molecular weight excluding hydrogens is 240 g/mol. The first-order chi connectivity index (χ1) is 7.58. The Morgan fingerprint density at radius 3 is 2.82 bits per heavy atom. The fourth-order valence-electron chi connectivity index (χ4n) is 1.61. The first kappa shape index (κ1) is 13.4. The van der Waals surface area contributed by atoms with Gasteiger partial charge in [-0.15, -0.1) is 0 Å². The summed E-state index contributed by atoms with van der Waals surface area (Å²) in [6.45, 7) is 3.67. The van der Waals surface area contributed by atoms with E-state index in [1.165, 1.54) is 6.08 Å². The summed E-state index contributed by atoms with van der Waals surface area (Å²) in [6.07, 6.45) is 5.00. The highest BCUT2D eigenvalue weighted by Gasteiger charge is 2.32. The van der Waals surface area contributed by atoms with Crippen molar-refractivity contribution in [2.24, 2.45) is 10.9 Å². The molecule has 0 aliphatic carbocycles. The largest absolute Gasteiger partial charge is 1.00 e. The molecule has 1 N–H and O–H groups in total. The Hall–Kier alpha value is -1.68. The van der Waals surface area contributed by atoms with Crippen LogP contribution in [0.5, 0.6) is 0 Å². The van der Waals surface area contributed by atoms with Gasteiger partial charge in [-0.05, 0) is 18.6 Å². The van der Waals surface area contributed by atoms with Crippen LogP contribution in [-0.2, 0) is 4.79 Å². The number of aromatic nitrogens is 1. The van der Waals surface area contributed by atoms with E-state index in [0.29, 0.717) is 0 Å². The molecule has 1 aromatic heterocycles. The van der Waals surface area contributed by atoms with E-state index < -0.39 is 0 Å². The minimum atomic E-state index is -0.333. The molecular formula is C12H13ClN2O2. The van der Waals surface area contributed by atoms with Gasteiger partial charge in [-0.25, -0.2) is 0 Å². The van der Waals surface area contributed by atoms with Gasteiger partial charge in [-0.1, -0.05) is 13.0 Å². The van der Waals surface area contributed by atoms with Crippen LogP contribution >= 0.6 is 0 Å². The van der Waals surface area contributed by atoms with E-state index in [2.05, 4.69) is 4.99 Å². The second kappa shape index (κ2) is 5.10. The highest BCUT2D eigenvalue weighted by molar-refractivity contribution is 6.36. The van der Waals surface area contributed by atoms with E-state index in [-0.39, 0.29) is 35.8 Å². The molecule has 0 aromatic carbocycles. The molecule has 0 spiro atoms. The Kier molecular flexibility index (Phi) is 4.02. The summed E-state index contributed by atoms with van der Waals surface area (Å²) in [4.78, 5) is 15.7. The molecule has 2 rings (SSSR count). The van der Waals surface area contributed by atoms with E-state index >= 15 is 0 Å². The van der Waals surface area contributed by atoms with Crippen LogP contribution in [0, 0.1) is 12.8 Å². The summed E-state index contributed by atoms with van der Waals surface area (Å²) in [7, 11) is 0. The third-order valence-corrected chi connectivity index (χ3v) is 2.45. The van der Waals surface area contributed by atoms with Crippen molar-refractivity contribution in [2.45, 2.75) is 13.8 Å². The number of carbonyl (C=O) groups is 1. The second-order valence-corrected chi connectivity index (χ2v) is 3.90. The topological polar surface area (TPSA) is 53.5 Å². The number of aliphatic hydroxyl groups is 1. The Labute approximate surface area is 106 Å². The van der Waals surface area contributed by atoms with Crippen LogP contribution in [-0.4, -0.2) is 16.7 Å². The van der Waals surface area contributed by atoms with Gasteiger partial charge >= 0.3 is 11.7 Å². The van der Waals surface area contributed by atoms with Crippen LogP contribution < -0.4 is 17.0 Å². The van der Waals surface area contributed by atoms with Crippen LogP contribution in [0.1, 0.15) is 12.5 Å². The van der Waals surface area contributed by atoms with Gasteiger partial charge in [0.25, 0.3) is 5.78 Å². The number of pyridine rings is 1. The first-order valence-electron chi connectivity index (χ1n) is 5.10. The number of ketones is 1. The van der Waals surface area contributed by atoms with Gasteiger partial charge in [-0.3, -0.25) is 4.79 Å². The average Bonchev–Trinajstić information content (AvgIpc) is 2.23. The minimum absolute atomic E-state index is 0. The number of aryl methyl sites for hydroxylation is 1. The maximum atomic E-state index is 11.9. The molecule has 1 aliphatic rings. The van der Waals surface area contributed by atoms with Crippen molar-refractivity contribution in [3.8, 4) is 0 Å². The molecule has 0 saturated carbocycles. The fraction of sp³-hybridized carbons (Fsp3) is 0.250. The van der Waals surface area contributed by atoms with Gasteiger partial charge in [0, 0.05) is 11.1 Å². The number of allylic oxidation sites excluding steroid dienone is 1. The van der Waals surface area contributed by atoms with Crippen LogP contribution in [0.25, 0.3) is 0 Å². The lowest BCUT2D eigenvalue weighted by Crippen LogP contribution is -3.00. The summed E-state index contributed by atoms with van der Waals surface area (Å²) in [5.74, 6) is -0.263. The van der Waals surface area contributed by atoms with E-state index in [1.807, 2.05) is 25.3 Å². The number of carbonyl (C=O) groups excluding carboxylic acids is 1. The number of nitrogens with zero attached hydrogens (tertiary/aromatic N) is 2. The summed E-state index contributed by atoms with van der Waals surface area (Å²) < 4.78 is 1.64. The number of Topliss-reactive ketones (excluding diaryl/α,β-unsaturated/α-hetero) is 1. The number of hydrogen-bond donors (Lipinski definition) is 1. The van der Waals surface area contributed by atoms with Crippen molar-refractivity contribution in [1.82, 2.24) is 0 Å². The quantitative estimate of drug-likeness (QED) is 0.552. The molecule has 1 atom stereocenters. The molecule has 0 fully saturated rings. The van der Waals surface area contributed by atoms with Crippen molar-refractivity contribution in [3.05, 3.63) is 42.0 Å². The Bertz CT molecular complexity index is 509. The SMILES string of the molecule is Cc1ccc[n+](C2=NC(O)=CC(C)C2=O)c1.[Cl-]. The zero-order valence-electron chi connectivity index (χ0n) is 9.59. The highest BCUT2D eigenvalue weighted by Crippen LogP contribution is 2.10. The minimum Gasteiger partial charge on any atom is -1.00 e. The molecule has 0 amide bonds. The van der Waals surface area contributed by atoms with Crippen LogP contribution in [0.15, 0.2) is 41.5 Å². The fourth-order valence-corrected chi connectivity index (χ4v) is 1.61. The second-order valence-electron chi connectivity index (χ2n) is 3.90. The van der Waals surface area contributed by atoms with Gasteiger partial charge in [-0.2, -0.15) is 4.57 Å². The van der Waals surface area contributed by atoms with Crippen LogP contribution in [0.2, 0.25) is 0 Å². The zero-order valence-corrected chi connectivity index (χ0v) is 10.3. The number of hydrogen-bond acceptors (Lipinski definition) is 3. The molecule has 0 radical (unpaired) electrons. The highest BCUT2D eigenvalue weighted by atomic mass is 35.5. The monoisotopic (exact) mass is 252 g/mol.